The van der Waals surface area contributed by atoms with Crippen molar-refractivity contribution in [1.29, 1.82) is 0 Å². The van der Waals surface area contributed by atoms with E-state index in [0.717, 1.165) is 17.8 Å². The number of nitrogens with zero attached hydrogens (tertiary/aromatic N) is 1. The lowest BCUT2D eigenvalue weighted by molar-refractivity contribution is 0.722. The number of aryl methyl sites for hydroxylation is 1. The van der Waals surface area contributed by atoms with Gasteiger partial charge in [-0.05, 0) is 43.1 Å². The summed E-state index contributed by atoms with van der Waals surface area (Å²) in [6, 6.07) is 9.25. The van der Waals surface area contributed by atoms with Crippen LogP contribution in [0.4, 0.5) is 0 Å². The third kappa shape index (κ3) is 4.54. The van der Waals surface area contributed by atoms with Crippen LogP contribution < -0.4 is 10.6 Å². The van der Waals surface area contributed by atoms with Crippen molar-refractivity contribution in [3.05, 3.63) is 35.4 Å². The van der Waals surface area contributed by atoms with Crippen molar-refractivity contribution < 1.29 is 0 Å². The van der Waals surface area contributed by atoms with Crippen molar-refractivity contribution in [3.63, 3.8) is 0 Å². The number of halogens is 1. The van der Waals surface area contributed by atoms with Gasteiger partial charge in [-0.3, -0.25) is 4.99 Å². The van der Waals surface area contributed by atoms with Crippen LogP contribution in [0.25, 0.3) is 0 Å². The minimum atomic E-state index is 0. The number of nitrogens with one attached hydrogen (secondary N) is 2. The van der Waals surface area contributed by atoms with Gasteiger partial charge >= 0.3 is 0 Å². The molecule has 1 aliphatic heterocycles. The molecule has 0 amide bonds. The first kappa shape index (κ1) is 17.9. The van der Waals surface area contributed by atoms with Crippen LogP contribution in [-0.2, 0) is 0 Å². The van der Waals surface area contributed by atoms with E-state index in [1.54, 1.807) is 0 Å². The second-order valence-electron chi connectivity index (χ2n) is 6.04. The second kappa shape index (κ2) is 8.43. The normalized spacial score (nSPS) is 27.2. The number of benzene rings is 1. The van der Waals surface area contributed by atoms with Gasteiger partial charge in [0.1, 0.15) is 0 Å². The maximum Gasteiger partial charge on any atom is 0.191 e. The maximum absolute atomic E-state index is 4.36. The minimum Gasteiger partial charge on any atom is -0.355 e. The third-order valence-electron chi connectivity index (χ3n) is 4.45. The highest BCUT2D eigenvalue weighted by molar-refractivity contribution is 14.0. The molecule has 3 rings (SSSR count). The quantitative estimate of drug-likeness (QED) is 0.435. The average Bonchev–Trinajstić information content (AvgIpc) is 3.05. The van der Waals surface area contributed by atoms with Crippen LogP contribution in [0, 0.1) is 6.92 Å². The molecule has 0 bridgehead atoms. The summed E-state index contributed by atoms with van der Waals surface area (Å²) in [7, 11) is 1.86. The molecule has 1 aromatic rings. The Balaban J connectivity index is 0.00000176. The van der Waals surface area contributed by atoms with E-state index in [1.807, 2.05) is 7.05 Å². The van der Waals surface area contributed by atoms with Gasteiger partial charge in [-0.2, -0.15) is 11.8 Å². The van der Waals surface area contributed by atoms with Gasteiger partial charge in [0.15, 0.2) is 5.96 Å². The summed E-state index contributed by atoms with van der Waals surface area (Å²) in [5, 5.41) is 7.82. The lowest BCUT2D eigenvalue weighted by Gasteiger charge is -2.15. The number of rotatable bonds is 4. The first-order chi connectivity index (χ1) is 10.3. The molecule has 1 heterocycles. The largest absolute Gasteiger partial charge is 0.355 e. The summed E-state index contributed by atoms with van der Waals surface area (Å²) in [6.07, 6.45) is 3.91. The van der Waals surface area contributed by atoms with Crippen LogP contribution in [-0.4, -0.2) is 36.6 Å². The summed E-state index contributed by atoms with van der Waals surface area (Å²) >= 11 is 2.08. The molecular formula is C17H26IN3S. The predicted molar refractivity (Wildman–Crippen MR) is 108 cm³/mol. The summed E-state index contributed by atoms with van der Waals surface area (Å²) < 4.78 is 0. The molecule has 1 aromatic carbocycles. The Labute approximate surface area is 155 Å². The van der Waals surface area contributed by atoms with Crippen LogP contribution >= 0.6 is 35.7 Å². The molecule has 2 N–H and O–H groups in total. The Hall–Kier alpha value is -0.430. The molecule has 122 valence electrons. The van der Waals surface area contributed by atoms with E-state index in [2.05, 4.69) is 58.6 Å². The fourth-order valence-electron chi connectivity index (χ4n) is 3.09. The first-order valence-corrected chi connectivity index (χ1v) is 8.97. The summed E-state index contributed by atoms with van der Waals surface area (Å²) in [5.74, 6) is 2.92. The number of hydrogen-bond acceptors (Lipinski definition) is 2. The lowest BCUT2D eigenvalue weighted by atomic mass is 10.0. The second-order valence-corrected chi connectivity index (χ2v) is 7.45. The van der Waals surface area contributed by atoms with Crippen LogP contribution in [0.2, 0.25) is 0 Å². The molecule has 3 nitrogen and oxygen atoms in total. The lowest BCUT2D eigenvalue weighted by Crippen LogP contribution is -2.41. The van der Waals surface area contributed by atoms with E-state index in [4.69, 9.17) is 0 Å². The van der Waals surface area contributed by atoms with Crippen molar-refractivity contribution in [1.82, 2.24) is 10.6 Å². The van der Waals surface area contributed by atoms with E-state index in [1.165, 1.54) is 36.1 Å². The third-order valence-corrected chi connectivity index (χ3v) is 5.84. The average molecular weight is 431 g/mol. The molecule has 2 fully saturated rings. The molecule has 0 aromatic heterocycles. The number of hydrogen-bond donors (Lipinski definition) is 2. The molecule has 22 heavy (non-hydrogen) atoms. The van der Waals surface area contributed by atoms with Gasteiger partial charge < -0.3 is 10.6 Å². The Morgan fingerprint density at radius 3 is 2.86 bits per heavy atom. The van der Waals surface area contributed by atoms with E-state index in [0.29, 0.717) is 12.0 Å². The van der Waals surface area contributed by atoms with Gasteiger partial charge in [-0.25, -0.2) is 0 Å². The maximum atomic E-state index is 4.36. The minimum absolute atomic E-state index is 0. The van der Waals surface area contributed by atoms with Crippen molar-refractivity contribution in [2.45, 2.75) is 43.4 Å². The molecule has 1 aliphatic carbocycles. The highest BCUT2D eigenvalue weighted by Gasteiger charge is 2.39. The van der Waals surface area contributed by atoms with Crippen molar-refractivity contribution >= 4 is 41.7 Å². The standard InChI is InChI=1S/C17H25N3S.HI/c1-12-6-3-4-8-14(12)15-10-16(15)20-17(18-2)19-11-13-7-5-9-21-13;/h3-4,6,8,13,15-16H,5,7,9-11H2,1-2H3,(H2,18,19,20);1H. The number of guanidine groups is 1. The van der Waals surface area contributed by atoms with Gasteiger partial charge in [0, 0.05) is 30.8 Å². The monoisotopic (exact) mass is 431 g/mol. The van der Waals surface area contributed by atoms with Gasteiger partial charge in [0.25, 0.3) is 0 Å². The fourth-order valence-corrected chi connectivity index (χ4v) is 4.29. The Bertz CT molecular complexity index is 514. The molecule has 3 atom stereocenters. The Morgan fingerprint density at radius 2 is 2.18 bits per heavy atom. The van der Waals surface area contributed by atoms with E-state index in [9.17, 15) is 0 Å². The summed E-state index contributed by atoms with van der Waals surface area (Å²) in [4.78, 5) is 4.36. The van der Waals surface area contributed by atoms with Gasteiger partial charge in [-0.1, -0.05) is 24.3 Å². The smallest absolute Gasteiger partial charge is 0.191 e. The van der Waals surface area contributed by atoms with E-state index in [-0.39, 0.29) is 24.0 Å². The first-order valence-electron chi connectivity index (χ1n) is 7.92. The van der Waals surface area contributed by atoms with Crippen molar-refractivity contribution in [3.8, 4) is 0 Å². The Kier molecular flexibility index (Phi) is 6.87. The molecule has 0 radical (unpaired) electrons. The molecule has 3 unspecified atom stereocenters. The Morgan fingerprint density at radius 1 is 1.36 bits per heavy atom. The zero-order valence-electron chi connectivity index (χ0n) is 13.3. The van der Waals surface area contributed by atoms with E-state index >= 15 is 0 Å². The zero-order chi connectivity index (χ0) is 14.7. The van der Waals surface area contributed by atoms with Crippen molar-refractivity contribution in [2.75, 3.05) is 19.3 Å². The van der Waals surface area contributed by atoms with E-state index < -0.39 is 0 Å². The molecule has 0 spiro atoms. The summed E-state index contributed by atoms with van der Waals surface area (Å²) in [5.41, 5.74) is 2.88. The molecule has 1 saturated heterocycles. The molecular weight excluding hydrogens is 405 g/mol. The predicted octanol–water partition coefficient (Wildman–Crippen LogP) is 3.53. The van der Waals surface area contributed by atoms with Gasteiger partial charge in [0.2, 0.25) is 0 Å². The van der Waals surface area contributed by atoms with Crippen molar-refractivity contribution in [2.24, 2.45) is 4.99 Å². The topological polar surface area (TPSA) is 36.4 Å². The van der Waals surface area contributed by atoms with Gasteiger partial charge in [-0.15, -0.1) is 24.0 Å². The van der Waals surface area contributed by atoms with Crippen LogP contribution in [0.1, 0.15) is 36.3 Å². The van der Waals surface area contributed by atoms with Crippen LogP contribution in [0.5, 0.6) is 0 Å². The molecule has 2 aliphatic rings. The zero-order valence-corrected chi connectivity index (χ0v) is 16.5. The summed E-state index contributed by atoms with van der Waals surface area (Å²) in [6.45, 7) is 3.24. The number of aliphatic imine (C=N–C) groups is 1. The molecule has 1 saturated carbocycles. The molecule has 5 heteroatoms. The SMILES string of the molecule is CN=C(NCC1CCCS1)NC1CC1c1ccccc1C.I. The highest BCUT2D eigenvalue weighted by Crippen LogP contribution is 2.42. The number of thioether (sulfide) groups is 1. The van der Waals surface area contributed by atoms with Gasteiger partial charge in [0.05, 0.1) is 0 Å². The van der Waals surface area contributed by atoms with Crippen LogP contribution in [0.3, 0.4) is 0 Å². The highest BCUT2D eigenvalue weighted by atomic mass is 127. The van der Waals surface area contributed by atoms with Crippen LogP contribution in [0.15, 0.2) is 29.3 Å². The fraction of sp³-hybridized carbons (Fsp3) is 0.588.